The largest absolute Gasteiger partial charge is 0.492 e. The number of fused-ring (bicyclic) bond motifs is 2. The minimum atomic E-state index is -1.31. The Hall–Kier alpha value is -2.08. The van der Waals surface area contributed by atoms with Gasteiger partial charge in [0.2, 0.25) is 0 Å². The van der Waals surface area contributed by atoms with Gasteiger partial charge in [-0.25, -0.2) is 0 Å². The van der Waals surface area contributed by atoms with Crippen molar-refractivity contribution in [3.05, 3.63) is 58.1 Å². The molecule has 0 atom stereocenters. The molecule has 4 rings (SSSR count). The van der Waals surface area contributed by atoms with E-state index in [9.17, 15) is 4.79 Å². The Morgan fingerprint density at radius 3 is 2.56 bits per heavy atom. The molecule has 2 heterocycles. The zero-order valence-corrected chi connectivity index (χ0v) is 16.2. The first-order valence-electron chi connectivity index (χ1n) is 9.11. The van der Waals surface area contributed by atoms with Crippen LogP contribution in [0.3, 0.4) is 0 Å². The lowest BCUT2D eigenvalue weighted by Gasteiger charge is -2.32. The molecule has 2 aliphatic rings. The number of carbonyl (C=O) groups is 1. The SMILES string of the molecule is Cc1cc(C)c2c(c1)C1(OCCCO1)C(=O)N2CCOc1ccc(Cl)cc1. The van der Waals surface area contributed by atoms with E-state index < -0.39 is 5.79 Å². The third-order valence-electron chi connectivity index (χ3n) is 4.89. The Labute approximate surface area is 163 Å². The van der Waals surface area contributed by atoms with Gasteiger partial charge in [-0.05, 0) is 56.2 Å². The summed E-state index contributed by atoms with van der Waals surface area (Å²) in [5.41, 5.74) is 3.78. The Morgan fingerprint density at radius 1 is 1.15 bits per heavy atom. The fourth-order valence-electron chi connectivity index (χ4n) is 3.77. The molecule has 1 saturated heterocycles. The van der Waals surface area contributed by atoms with Crippen LogP contribution in [0.2, 0.25) is 5.02 Å². The highest BCUT2D eigenvalue weighted by molar-refractivity contribution is 6.30. The zero-order chi connectivity index (χ0) is 19.0. The van der Waals surface area contributed by atoms with Gasteiger partial charge in [-0.15, -0.1) is 0 Å². The maximum Gasteiger partial charge on any atom is 0.292 e. The van der Waals surface area contributed by atoms with Crippen molar-refractivity contribution in [2.24, 2.45) is 0 Å². The molecule has 0 aromatic heterocycles. The van der Waals surface area contributed by atoms with Crippen molar-refractivity contribution in [2.45, 2.75) is 26.1 Å². The van der Waals surface area contributed by atoms with Crippen LogP contribution in [0.4, 0.5) is 5.69 Å². The molecule has 5 nitrogen and oxygen atoms in total. The first-order chi connectivity index (χ1) is 13.0. The van der Waals surface area contributed by atoms with Crippen molar-refractivity contribution < 1.29 is 19.0 Å². The van der Waals surface area contributed by atoms with Crippen LogP contribution in [-0.2, 0) is 20.1 Å². The van der Waals surface area contributed by atoms with Crippen molar-refractivity contribution in [1.29, 1.82) is 0 Å². The van der Waals surface area contributed by atoms with E-state index in [4.69, 9.17) is 25.8 Å². The Morgan fingerprint density at radius 2 is 1.85 bits per heavy atom. The van der Waals surface area contributed by atoms with Crippen molar-refractivity contribution >= 4 is 23.2 Å². The molecule has 2 aliphatic heterocycles. The van der Waals surface area contributed by atoms with Crippen molar-refractivity contribution in [3.63, 3.8) is 0 Å². The number of halogens is 1. The Kier molecular flexibility index (Phi) is 4.84. The normalized spacial score (nSPS) is 18.0. The molecule has 27 heavy (non-hydrogen) atoms. The quantitative estimate of drug-likeness (QED) is 0.796. The topological polar surface area (TPSA) is 48.0 Å². The molecule has 2 aromatic carbocycles. The second-order valence-electron chi connectivity index (χ2n) is 6.90. The second kappa shape index (κ2) is 7.15. The molecule has 0 bridgehead atoms. The molecule has 1 spiro atoms. The molecule has 6 heteroatoms. The number of anilines is 1. The molecule has 1 amide bonds. The summed E-state index contributed by atoms with van der Waals surface area (Å²) >= 11 is 5.90. The summed E-state index contributed by atoms with van der Waals surface area (Å²) in [6, 6.07) is 11.2. The second-order valence-corrected chi connectivity index (χ2v) is 7.34. The lowest BCUT2D eigenvalue weighted by atomic mass is 10.00. The summed E-state index contributed by atoms with van der Waals surface area (Å²) in [5.74, 6) is -0.776. The highest BCUT2D eigenvalue weighted by atomic mass is 35.5. The van der Waals surface area contributed by atoms with E-state index in [1.54, 1.807) is 17.0 Å². The van der Waals surface area contributed by atoms with E-state index in [0.717, 1.165) is 28.8 Å². The van der Waals surface area contributed by atoms with Crippen molar-refractivity contribution in [2.75, 3.05) is 31.3 Å². The van der Waals surface area contributed by atoms with E-state index in [0.29, 0.717) is 37.1 Å². The monoisotopic (exact) mass is 387 g/mol. The number of carbonyl (C=O) groups excluding carboxylic acids is 1. The smallest absolute Gasteiger partial charge is 0.292 e. The predicted octanol–water partition coefficient (Wildman–Crippen LogP) is 3.97. The number of aryl methyl sites for hydroxylation is 2. The van der Waals surface area contributed by atoms with Crippen LogP contribution in [-0.4, -0.2) is 32.3 Å². The van der Waals surface area contributed by atoms with Crippen LogP contribution in [0, 0.1) is 13.8 Å². The molecule has 2 aromatic rings. The predicted molar refractivity (Wildman–Crippen MR) is 103 cm³/mol. The number of amides is 1. The van der Waals surface area contributed by atoms with E-state index in [2.05, 4.69) is 6.07 Å². The van der Waals surface area contributed by atoms with Gasteiger partial charge in [-0.3, -0.25) is 4.79 Å². The lowest BCUT2D eigenvalue weighted by Crippen LogP contribution is -2.48. The Bertz CT molecular complexity index is 859. The highest BCUT2D eigenvalue weighted by Crippen LogP contribution is 2.47. The molecule has 1 fully saturated rings. The number of rotatable bonds is 4. The summed E-state index contributed by atoms with van der Waals surface area (Å²) in [7, 11) is 0. The molecule has 0 aliphatic carbocycles. The summed E-state index contributed by atoms with van der Waals surface area (Å²) in [5, 5.41) is 0.658. The van der Waals surface area contributed by atoms with Crippen molar-refractivity contribution in [1.82, 2.24) is 0 Å². The van der Waals surface area contributed by atoms with Gasteiger partial charge in [0.05, 0.1) is 25.4 Å². The molecule has 142 valence electrons. The standard InChI is InChI=1S/C21H22ClNO4/c1-14-12-15(2)19-18(13-14)21(26-9-3-10-27-21)20(24)23(19)8-11-25-17-6-4-16(22)5-7-17/h4-7,12-13H,3,8-11H2,1-2H3. The van der Waals surface area contributed by atoms with Crippen LogP contribution in [0.5, 0.6) is 5.75 Å². The fraction of sp³-hybridized carbons (Fsp3) is 0.381. The van der Waals surface area contributed by atoms with Gasteiger partial charge >= 0.3 is 0 Å². The fourth-order valence-corrected chi connectivity index (χ4v) is 3.90. The van der Waals surface area contributed by atoms with Gasteiger partial charge in [0.15, 0.2) is 0 Å². The van der Waals surface area contributed by atoms with Crippen molar-refractivity contribution in [3.8, 4) is 5.75 Å². The van der Waals surface area contributed by atoms with Gasteiger partial charge in [0, 0.05) is 10.6 Å². The van der Waals surface area contributed by atoms with Gasteiger partial charge in [-0.1, -0.05) is 23.2 Å². The molecule has 0 radical (unpaired) electrons. The maximum absolute atomic E-state index is 13.3. The summed E-state index contributed by atoms with van der Waals surface area (Å²) in [6.45, 7) is 5.80. The number of hydrogen-bond donors (Lipinski definition) is 0. The van der Waals surface area contributed by atoms with Gasteiger partial charge in [0.1, 0.15) is 12.4 Å². The van der Waals surface area contributed by atoms with Gasteiger partial charge < -0.3 is 19.1 Å². The molecule has 0 saturated carbocycles. The van der Waals surface area contributed by atoms with Gasteiger partial charge in [0.25, 0.3) is 11.7 Å². The van der Waals surface area contributed by atoms with Crippen LogP contribution in [0.25, 0.3) is 0 Å². The van der Waals surface area contributed by atoms with Crippen LogP contribution in [0.1, 0.15) is 23.1 Å². The van der Waals surface area contributed by atoms with E-state index in [1.807, 2.05) is 32.0 Å². The molecule has 0 unspecified atom stereocenters. The average Bonchev–Trinajstić information content (AvgIpc) is 2.87. The first-order valence-corrected chi connectivity index (χ1v) is 9.49. The maximum atomic E-state index is 13.3. The van der Waals surface area contributed by atoms with E-state index in [1.165, 1.54) is 0 Å². The minimum Gasteiger partial charge on any atom is -0.492 e. The average molecular weight is 388 g/mol. The summed E-state index contributed by atoms with van der Waals surface area (Å²) in [6.07, 6.45) is 0.787. The number of hydrogen-bond acceptors (Lipinski definition) is 4. The number of benzene rings is 2. The zero-order valence-electron chi connectivity index (χ0n) is 15.5. The molecular formula is C21H22ClNO4. The number of ether oxygens (including phenoxy) is 3. The minimum absolute atomic E-state index is 0.175. The first kappa shape index (κ1) is 18.3. The third kappa shape index (κ3) is 3.20. The number of nitrogens with zero attached hydrogens (tertiary/aromatic N) is 1. The van der Waals surface area contributed by atoms with Crippen LogP contribution >= 0.6 is 11.6 Å². The van der Waals surface area contributed by atoms with Gasteiger partial charge in [-0.2, -0.15) is 0 Å². The third-order valence-corrected chi connectivity index (χ3v) is 5.14. The lowest BCUT2D eigenvalue weighted by molar-refractivity contribution is -0.256. The summed E-state index contributed by atoms with van der Waals surface area (Å²) in [4.78, 5) is 15.0. The van der Waals surface area contributed by atoms with E-state index in [-0.39, 0.29) is 5.91 Å². The van der Waals surface area contributed by atoms with Crippen LogP contribution in [0.15, 0.2) is 36.4 Å². The highest BCUT2D eigenvalue weighted by Gasteiger charge is 2.55. The Balaban J connectivity index is 1.60. The summed E-state index contributed by atoms with van der Waals surface area (Å²) < 4.78 is 17.6. The molecule has 0 N–H and O–H groups in total. The van der Waals surface area contributed by atoms with Crippen LogP contribution < -0.4 is 9.64 Å². The van der Waals surface area contributed by atoms with E-state index >= 15 is 0 Å². The molecular weight excluding hydrogens is 366 g/mol.